The number of rotatable bonds is 9. The fourth-order valence-electron chi connectivity index (χ4n) is 5.72. The van der Waals surface area contributed by atoms with Gasteiger partial charge in [-0.3, -0.25) is 14.6 Å². The summed E-state index contributed by atoms with van der Waals surface area (Å²) in [6, 6.07) is 22.4. The largest absolute Gasteiger partial charge is 0.416 e. The fourth-order valence-corrected chi connectivity index (χ4v) is 5.72. The van der Waals surface area contributed by atoms with E-state index in [2.05, 4.69) is 5.32 Å². The van der Waals surface area contributed by atoms with Gasteiger partial charge < -0.3 is 15.1 Å². The van der Waals surface area contributed by atoms with E-state index in [1.54, 1.807) is 16.0 Å². The van der Waals surface area contributed by atoms with Crippen LogP contribution in [0.4, 0.5) is 18.0 Å². The van der Waals surface area contributed by atoms with Crippen LogP contribution < -0.4 is 5.32 Å². The molecule has 43 heavy (non-hydrogen) atoms. The highest BCUT2D eigenvalue weighted by Crippen LogP contribution is 2.32. The Morgan fingerprint density at radius 2 is 1.58 bits per heavy atom. The Kier molecular flexibility index (Phi) is 9.00. The number of halogens is 3. The molecule has 2 atom stereocenters. The van der Waals surface area contributed by atoms with E-state index in [1.807, 2.05) is 67.6 Å². The zero-order valence-electron chi connectivity index (χ0n) is 23.8. The summed E-state index contributed by atoms with van der Waals surface area (Å²) in [6.07, 6.45) is -4.32. The van der Waals surface area contributed by atoms with Gasteiger partial charge in [-0.2, -0.15) is 18.2 Å². The summed E-state index contributed by atoms with van der Waals surface area (Å²) >= 11 is 0. The van der Waals surface area contributed by atoms with Gasteiger partial charge in [-0.25, -0.2) is 4.79 Å². The third-order valence-electron chi connectivity index (χ3n) is 7.73. The molecule has 0 saturated carbocycles. The Morgan fingerprint density at radius 1 is 0.930 bits per heavy atom. The molecule has 0 bridgehead atoms. The number of hydrogen-bond acceptors (Lipinski definition) is 4. The van der Waals surface area contributed by atoms with Gasteiger partial charge in [0, 0.05) is 26.1 Å². The highest BCUT2D eigenvalue weighted by Gasteiger charge is 2.52. The number of nitrogens with one attached hydrogen (secondary N) is 1. The number of carbonyl (C=O) groups excluding carboxylic acids is 3. The minimum absolute atomic E-state index is 0.0400. The van der Waals surface area contributed by atoms with E-state index >= 15 is 0 Å². The lowest BCUT2D eigenvalue weighted by Crippen LogP contribution is -2.66. The van der Waals surface area contributed by atoms with Crippen molar-refractivity contribution in [2.75, 3.05) is 19.6 Å². The molecular formula is C32H34F3N5O3. The summed E-state index contributed by atoms with van der Waals surface area (Å²) in [5.74, 6) is -0.627. The average molecular weight is 594 g/mol. The quantitative estimate of drug-likeness (QED) is 0.392. The van der Waals surface area contributed by atoms with Gasteiger partial charge in [0.25, 0.3) is 0 Å². The summed E-state index contributed by atoms with van der Waals surface area (Å²) in [5, 5.41) is 6.14. The second-order valence-electron chi connectivity index (χ2n) is 10.8. The zero-order chi connectivity index (χ0) is 30.6. The standard InChI is InChI=1S/C32H34F3N5O3/c1-2-16-38(31(43)36-19-24-12-7-4-8-13-24)39-22-29(41)40-27(18-23-10-5-3-6-11-23)30(42)37(21-28(39)40)20-25-14-9-15-26(17-25)32(33,34)35/h3-15,17,27-28H,2,16,18-22H2,1H3,(H,36,43)/t27-,28+/m0/s1. The van der Waals surface area contributed by atoms with E-state index in [4.69, 9.17) is 0 Å². The molecule has 226 valence electrons. The van der Waals surface area contributed by atoms with Crippen molar-refractivity contribution in [1.29, 1.82) is 0 Å². The molecule has 2 aliphatic heterocycles. The van der Waals surface area contributed by atoms with Crippen LogP contribution in [0.5, 0.6) is 0 Å². The molecule has 3 aromatic carbocycles. The molecule has 0 unspecified atom stereocenters. The summed E-state index contributed by atoms with van der Waals surface area (Å²) in [7, 11) is 0. The molecule has 2 fully saturated rings. The van der Waals surface area contributed by atoms with E-state index in [0.29, 0.717) is 25.1 Å². The van der Waals surface area contributed by atoms with Gasteiger partial charge in [-0.15, -0.1) is 0 Å². The van der Waals surface area contributed by atoms with Crippen molar-refractivity contribution >= 4 is 17.8 Å². The van der Waals surface area contributed by atoms with Gasteiger partial charge in [-0.05, 0) is 35.2 Å². The number of benzene rings is 3. The monoisotopic (exact) mass is 593 g/mol. The van der Waals surface area contributed by atoms with Crippen LogP contribution in [0.25, 0.3) is 0 Å². The number of nitrogens with zero attached hydrogens (tertiary/aromatic N) is 4. The topological polar surface area (TPSA) is 76.2 Å². The van der Waals surface area contributed by atoms with E-state index in [-0.39, 0.29) is 43.9 Å². The summed E-state index contributed by atoms with van der Waals surface area (Å²) in [4.78, 5) is 43.9. The first-order chi connectivity index (χ1) is 20.7. The van der Waals surface area contributed by atoms with Crippen molar-refractivity contribution < 1.29 is 27.6 Å². The van der Waals surface area contributed by atoms with Crippen molar-refractivity contribution in [2.24, 2.45) is 0 Å². The summed E-state index contributed by atoms with van der Waals surface area (Å²) in [6.45, 7) is 2.44. The maximum Gasteiger partial charge on any atom is 0.416 e. The van der Waals surface area contributed by atoms with Gasteiger partial charge in [0.1, 0.15) is 12.2 Å². The van der Waals surface area contributed by atoms with E-state index < -0.39 is 23.9 Å². The number of fused-ring (bicyclic) bond motifs is 1. The highest BCUT2D eigenvalue weighted by molar-refractivity contribution is 5.91. The predicted octanol–water partition coefficient (Wildman–Crippen LogP) is 4.67. The van der Waals surface area contributed by atoms with Gasteiger partial charge in [0.15, 0.2) is 0 Å². The molecule has 2 saturated heterocycles. The first-order valence-electron chi connectivity index (χ1n) is 14.3. The lowest BCUT2D eigenvalue weighted by molar-refractivity contribution is -0.157. The van der Waals surface area contributed by atoms with Gasteiger partial charge in [0.05, 0.1) is 18.7 Å². The second-order valence-corrected chi connectivity index (χ2v) is 10.8. The third kappa shape index (κ3) is 6.83. The molecule has 0 radical (unpaired) electrons. The maximum atomic E-state index is 13.9. The molecule has 2 heterocycles. The van der Waals surface area contributed by atoms with Crippen LogP contribution in [0.15, 0.2) is 84.9 Å². The van der Waals surface area contributed by atoms with Crippen LogP contribution in [0.3, 0.4) is 0 Å². The van der Waals surface area contributed by atoms with Crippen molar-refractivity contribution in [1.82, 2.24) is 25.1 Å². The number of urea groups is 1. The highest BCUT2D eigenvalue weighted by atomic mass is 19.4. The van der Waals surface area contributed by atoms with E-state index in [1.165, 1.54) is 16.0 Å². The number of carbonyl (C=O) groups is 3. The molecule has 3 aromatic rings. The molecule has 0 aromatic heterocycles. The van der Waals surface area contributed by atoms with Crippen LogP contribution in [-0.2, 0) is 35.3 Å². The van der Waals surface area contributed by atoms with Crippen LogP contribution >= 0.6 is 0 Å². The molecule has 1 N–H and O–H groups in total. The number of hydrogen-bond donors (Lipinski definition) is 1. The van der Waals surface area contributed by atoms with Gasteiger partial charge in [-0.1, -0.05) is 79.7 Å². The number of amides is 4. The zero-order valence-corrected chi connectivity index (χ0v) is 23.8. The third-order valence-corrected chi connectivity index (χ3v) is 7.73. The van der Waals surface area contributed by atoms with Crippen molar-refractivity contribution in [2.45, 2.75) is 51.2 Å². The lowest BCUT2D eigenvalue weighted by Gasteiger charge is -2.46. The molecule has 4 amide bonds. The Balaban J connectivity index is 1.44. The number of piperazine rings is 1. The van der Waals surface area contributed by atoms with Gasteiger partial charge in [0.2, 0.25) is 11.8 Å². The van der Waals surface area contributed by atoms with Crippen molar-refractivity contribution in [3.05, 3.63) is 107 Å². The van der Waals surface area contributed by atoms with Crippen molar-refractivity contribution in [3.63, 3.8) is 0 Å². The van der Waals surface area contributed by atoms with Crippen LogP contribution in [0.2, 0.25) is 0 Å². The molecule has 0 spiro atoms. The van der Waals surface area contributed by atoms with Crippen LogP contribution in [0, 0.1) is 0 Å². The van der Waals surface area contributed by atoms with Crippen molar-refractivity contribution in [3.8, 4) is 0 Å². The minimum Gasteiger partial charge on any atom is -0.333 e. The first kappa shape index (κ1) is 30.1. The van der Waals surface area contributed by atoms with E-state index in [9.17, 15) is 27.6 Å². The summed E-state index contributed by atoms with van der Waals surface area (Å²) < 4.78 is 40.3. The SMILES string of the molecule is CCCN(C(=O)NCc1ccccc1)N1CC(=O)N2[C@@H](Cc3ccccc3)C(=O)N(Cc3cccc(C(F)(F)F)c3)C[C@@H]21. The number of hydrazine groups is 1. The molecular weight excluding hydrogens is 559 g/mol. The molecule has 8 nitrogen and oxygen atoms in total. The van der Waals surface area contributed by atoms with E-state index in [0.717, 1.165) is 23.3 Å². The minimum atomic E-state index is -4.52. The predicted molar refractivity (Wildman–Crippen MR) is 154 cm³/mol. The Bertz CT molecular complexity index is 1440. The maximum absolute atomic E-state index is 13.9. The molecule has 2 aliphatic rings. The number of alkyl halides is 3. The normalized spacial score (nSPS) is 19.0. The summed E-state index contributed by atoms with van der Waals surface area (Å²) in [5.41, 5.74) is 1.30. The second kappa shape index (κ2) is 12.9. The fraction of sp³-hybridized carbons (Fsp3) is 0.344. The smallest absolute Gasteiger partial charge is 0.333 e. The van der Waals surface area contributed by atoms with Crippen LogP contribution in [0.1, 0.15) is 35.6 Å². The first-order valence-corrected chi connectivity index (χ1v) is 14.3. The lowest BCUT2D eigenvalue weighted by atomic mass is 10.00. The van der Waals surface area contributed by atoms with Crippen LogP contribution in [-0.4, -0.2) is 69.5 Å². The Labute approximate surface area is 248 Å². The average Bonchev–Trinajstić information content (AvgIpc) is 3.32. The molecule has 11 heteroatoms. The Hall–Kier alpha value is -4.38. The molecule has 5 rings (SSSR count). The Morgan fingerprint density at radius 3 is 2.23 bits per heavy atom. The van der Waals surface area contributed by atoms with Gasteiger partial charge >= 0.3 is 12.2 Å². The molecule has 0 aliphatic carbocycles.